The average molecular weight is 202 g/mol. The van der Waals surface area contributed by atoms with Crippen molar-refractivity contribution in [2.45, 2.75) is 52.4 Å². The highest BCUT2D eigenvalue weighted by atomic mass is 16.4. The Bertz CT molecular complexity index is 136. The van der Waals surface area contributed by atoms with E-state index >= 15 is 0 Å². The van der Waals surface area contributed by atoms with Gasteiger partial charge in [0.15, 0.2) is 0 Å². The van der Waals surface area contributed by atoms with Crippen LogP contribution in [0, 0.1) is 0 Å². The van der Waals surface area contributed by atoms with Crippen molar-refractivity contribution in [1.82, 2.24) is 0 Å². The van der Waals surface area contributed by atoms with Crippen molar-refractivity contribution in [2.24, 2.45) is 10.3 Å². The van der Waals surface area contributed by atoms with Crippen molar-refractivity contribution < 1.29 is 10.4 Å². The van der Waals surface area contributed by atoms with Gasteiger partial charge in [-0.25, -0.2) is 0 Å². The molecular weight excluding hydrogens is 180 g/mol. The van der Waals surface area contributed by atoms with Crippen LogP contribution >= 0.6 is 0 Å². The molecule has 14 heavy (non-hydrogen) atoms. The SMILES string of the molecule is CCCC=NO.CCCCCC=NO. The standard InChI is InChI=1S/C6H13NO.C4H9NO/c1-2-3-4-5-6-7-8;1-2-3-4-5-6/h6,8H,2-5H2,1H3;4,6H,2-3H2,1H3. The molecule has 0 saturated carbocycles. The topological polar surface area (TPSA) is 65.2 Å². The fourth-order valence-electron chi connectivity index (χ4n) is 0.730. The number of hydrogen-bond acceptors (Lipinski definition) is 4. The molecule has 0 aliphatic carbocycles. The molecule has 0 heterocycles. The van der Waals surface area contributed by atoms with Crippen molar-refractivity contribution in [2.75, 3.05) is 0 Å². The lowest BCUT2D eigenvalue weighted by Gasteiger charge is -1.87. The van der Waals surface area contributed by atoms with Gasteiger partial charge in [-0.05, 0) is 19.3 Å². The first-order valence-electron chi connectivity index (χ1n) is 5.15. The summed E-state index contributed by atoms with van der Waals surface area (Å²) in [4.78, 5) is 0. The summed E-state index contributed by atoms with van der Waals surface area (Å²) < 4.78 is 0. The summed E-state index contributed by atoms with van der Waals surface area (Å²) in [5, 5.41) is 21.4. The molecule has 0 saturated heterocycles. The van der Waals surface area contributed by atoms with Crippen molar-refractivity contribution >= 4 is 12.4 Å². The molecule has 0 fully saturated rings. The van der Waals surface area contributed by atoms with E-state index in [4.69, 9.17) is 10.4 Å². The van der Waals surface area contributed by atoms with Gasteiger partial charge >= 0.3 is 0 Å². The number of hydrogen-bond donors (Lipinski definition) is 2. The molecule has 0 aromatic rings. The van der Waals surface area contributed by atoms with E-state index in [1.165, 1.54) is 25.3 Å². The molecule has 0 spiro atoms. The Morgan fingerprint density at radius 2 is 1.43 bits per heavy atom. The van der Waals surface area contributed by atoms with Crippen molar-refractivity contribution in [1.29, 1.82) is 0 Å². The van der Waals surface area contributed by atoms with Gasteiger partial charge in [0.25, 0.3) is 0 Å². The maximum atomic E-state index is 7.94. The van der Waals surface area contributed by atoms with Gasteiger partial charge in [-0.15, -0.1) is 10.3 Å². The molecule has 2 N–H and O–H groups in total. The minimum atomic E-state index is 0.872. The molecule has 0 radical (unpaired) electrons. The van der Waals surface area contributed by atoms with E-state index in [2.05, 4.69) is 17.2 Å². The normalized spacial score (nSPS) is 10.4. The second kappa shape index (κ2) is 17.9. The van der Waals surface area contributed by atoms with E-state index in [-0.39, 0.29) is 0 Å². The maximum absolute atomic E-state index is 7.94. The van der Waals surface area contributed by atoms with Gasteiger partial charge in [0.2, 0.25) is 0 Å². The van der Waals surface area contributed by atoms with Crippen molar-refractivity contribution in [3.05, 3.63) is 0 Å². The largest absolute Gasteiger partial charge is 0.411 e. The molecule has 0 aromatic heterocycles. The molecule has 84 valence electrons. The van der Waals surface area contributed by atoms with Crippen LogP contribution in [0.5, 0.6) is 0 Å². The number of rotatable bonds is 6. The third-order valence-electron chi connectivity index (χ3n) is 1.52. The molecule has 0 bridgehead atoms. The van der Waals surface area contributed by atoms with Crippen LogP contribution in [0.3, 0.4) is 0 Å². The second-order valence-electron chi connectivity index (χ2n) is 2.88. The average Bonchev–Trinajstić information content (AvgIpc) is 2.22. The number of unbranched alkanes of at least 4 members (excludes halogenated alkanes) is 4. The lowest BCUT2D eigenvalue weighted by Crippen LogP contribution is -1.75. The predicted molar refractivity (Wildman–Crippen MR) is 59.6 cm³/mol. The van der Waals surface area contributed by atoms with Gasteiger partial charge in [-0.2, -0.15) is 0 Å². The van der Waals surface area contributed by atoms with Gasteiger partial charge in [0, 0.05) is 12.4 Å². The number of oxime groups is 2. The molecule has 0 aliphatic heterocycles. The van der Waals surface area contributed by atoms with Crippen LogP contribution in [0.25, 0.3) is 0 Å². The lowest BCUT2D eigenvalue weighted by molar-refractivity contribution is 0.320. The molecular formula is C10H22N2O2. The molecule has 0 unspecified atom stereocenters. The lowest BCUT2D eigenvalue weighted by atomic mass is 10.2. The molecule has 4 heteroatoms. The third kappa shape index (κ3) is 22.4. The van der Waals surface area contributed by atoms with E-state index in [1.54, 1.807) is 0 Å². The van der Waals surface area contributed by atoms with E-state index in [1.807, 2.05) is 6.92 Å². The zero-order chi connectivity index (χ0) is 11.1. The first-order valence-corrected chi connectivity index (χ1v) is 5.15. The van der Waals surface area contributed by atoms with Crippen LogP contribution in [0.15, 0.2) is 10.3 Å². The monoisotopic (exact) mass is 202 g/mol. The van der Waals surface area contributed by atoms with Crippen LogP contribution in [-0.4, -0.2) is 22.8 Å². The Hall–Kier alpha value is -1.06. The fourth-order valence-corrected chi connectivity index (χ4v) is 0.730. The summed E-state index contributed by atoms with van der Waals surface area (Å²) in [5.74, 6) is 0. The highest BCUT2D eigenvalue weighted by molar-refractivity contribution is 5.56. The minimum Gasteiger partial charge on any atom is -0.411 e. The van der Waals surface area contributed by atoms with Gasteiger partial charge < -0.3 is 10.4 Å². The first kappa shape index (κ1) is 15.4. The molecule has 0 aromatic carbocycles. The van der Waals surface area contributed by atoms with Crippen molar-refractivity contribution in [3.8, 4) is 0 Å². The van der Waals surface area contributed by atoms with Crippen LogP contribution in [-0.2, 0) is 0 Å². The van der Waals surface area contributed by atoms with Crippen LogP contribution in [0.2, 0.25) is 0 Å². The zero-order valence-electron chi connectivity index (χ0n) is 9.19. The van der Waals surface area contributed by atoms with E-state index < -0.39 is 0 Å². The highest BCUT2D eigenvalue weighted by Gasteiger charge is 1.80. The molecule has 0 rings (SSSR count). The summed E-state index contributed by atoms with van der Waals surface area (Å²) in [7, 11) is 0. The van der Waals surface area contributed by atoms with Crippen LogP contribution in [0.4, 0.5) is 0 Å². The minimum absolute atomic E-state index is 0.872. The Morgan fingerprint density at radius 1 is 0.857 bits per heavy atom. The summed E-state index contributed by atoms with van der Waals surface area (Å²) in [6, 6.07) is 0. The predicted octanol–water partition coefficient (Wildman–Crippen LogP) is 3.27. The van der Waals surface area contributed by atoms with E-state index in [0.29, 0.717) is 0 Å². The molecule has 0 atom stereocenters. The Morgan fingerprint density at radius 3 is 1.79 bits per heavy atom. The molecule has 0 aliphatic rings. The van der Waals surface area contributed by atoms with Crippen LogP contribution < -0.4 is 0 Å². The van der Waals surface area contributed by atoms with Gasteiger partial charge in [0.1, 0.15) is 0 Å². The van der Waals surface area contributed by atoms with Crippen LogP contribution in [0.1, 0.15) is 52.4 Å². The van der Waals surface area contributed by atoms with Gasteiger partial charge in [-0.1, -0.05) is 33.1 Å². The number of nitrogens with zero attached hydrogens (tertiary/aromatic N) is 2. The highest BCUT2D eigenvalue weighted by Crippen LogP contribution is 1.95. The first-order chi connectivity index (χ1) is 6.83. The second-order valence-corrected chi connectivity index (χ2v) is 2.88. The summed E-state index contributed by atoms with van der Waals surface area (Å²) in [6.07, 6.45) is 9.44. The van der Waals surface area contributed by atoms with Crippen molar-refractivity contribution in [3.63, 3.8) is 0 Å². The summed E-state index contributed by atoms with van der Waals surface area (Å²) in [5.41, 5.74) is 0. The van der Waals surface area contributed by atoms with E-state index in [0.717, 1.165) is 25.7 Å². The smallest absolute Gasteiger partial charge is 0.0435 e. The molecule has 4 nitrogen and oxygen atoms in total. The summed E-state index contributed by atoms with van der Waals surface area (Å²) in [6.45, 7) is 4.18. The maximum Gasteiger partial charge on any atom is 0.0435 e. The Balaban J connectivity index is 0. The zero-order valence-corrected chi connectivity index (χ0v) is 9.19. The Kier molecular flexibility index (Phi) is 19.7. The van der Waals surface area contributed by atoms with Gasteiger partial charge in [0.05, 0.1) is 0 Å². The third-order valence-corrected chi connectivity index (χ3v) is 1.52. The van der Waals surface area contributed by atoms with Gasteiger partial charge in [-0.3, -0.25) is 0 Å². The quantitative estimate of drug-likeness (QED) is 0.300. The Labute approximate surface area is 86.3 Å². The fraction of sp³-hybridized carbons (Fsp3) is 0.800. The van der Waals surface area contributed by atoms with E-state index in [9.17, 15) is 0 Å². The summed E-state index contributed by atoms with van der Waals surface area (Å²) >= 11 is 0. The molecule has 0 amide bonds.